The van der Waals surface area contributed by atoms with E-state index in [4.69, 9.17) is 5.11 Å². The fraction of sp³-hybridized carbons (Fsp3) is 0.625. The second-order valence-electron chi connectivity index (χ2n) is 2.77. The minimum atomic E-state index is -1.14. The second-order valence-corrected chi connectivity index (χ2v) is 3.13. The summed E-state index contributed by atoms with van der Waals surface area (Å²) in [5, 5.41) is 12.9. The van der Waals surface area contributed by atoms with E-state index in [2.05, 4.69) is 23.3 Å². The average molecular weight is 234 g/mol. The highest BCUT2D eigenvalue weighted by atomic mass is 32.1. The number of amides is 2. The van der Waals surface area contributed by atoms with E-state index in [1.165, 1.54) is 0 Å². The Morgan fingerprint density at radius 2 is 2.00 bits per heavy atom. The Morgan fingerprint density at radius 3 is 2.40 bits per heavy atom. The van der Waals surface area contributed by atoms with Gasteiger partial charge in [0.25, 0.3) is 0 Å². The number of carbonyl (C=O) groups is 3. The van der Waals surface area contributed by atoms with Crippen molar-refractivity contribution in [3.8, 4) is 0 Å². The van der Waals surface area contributed by atoms with Crippen LogP contribution in [0.4, 0.5) is 0 Å². The molecule has 2 amide bonds. The highest BCUT2D eigenvalue weighted by Crippen LogP contribution is 1.90. The van der Waals surface area contributed by atoms with Crippen LogP contribution in [-0.2, 0) is 14.4 Å². The minimum absolute atomic E-state index is 0.122. The molecule has 1 unspecified atom stereocenters. The number of aliphatic carboxylic acids is 1. The highest BCUT2D eigenvalue weighted by Gasteiger charge is 2.18. The summed E-state index contributed by atoms with van der Waals surface area (Å²) < 4.78 is 0. The molecule has 6 nitrogen and oxygen atoms in total. The van der Waals surface area contributed by atoms with Gasteiger partial charge in [-0.1, -0.05) is 6.92 Å². The average Bonchev–Trinajstić information content (AvgIpc) is 2.21. The first-order valence-corrected chi connectivity index (χ1v) is 5.04. The first kappa shape index (κ1) is 13.8. The van der Waals surface area contributed by atoms with Crippen molar-refractivity contribution in [2.24, 2.45) is 0 Å². The zero-order chi connectivity index (χ0) is 11.8. The molecular formula is C8H14N2O4S. The molecule has 86 valence electrons. The predicted octanol–water partition coefficient (Wildman–Crippen LogP) is -0.988. The van der Waals surface area contributed by atoms with Gasteiger partial charge in [-0.15, -0.1) is 0 Å². The Morgan fingerprint density at radius 1 is 1.40 bits per heavy atom. The van der Waals surface area contributed by atoms with E-state index in [0.717, 1.165) is 0 Å². The van der Waals surface area contributed by atoms with Crippen molar-refractivity contribution < 1.29 is 19.5 Å². The highest BCUT2D eigenvalue weighted by molar-refractivity contribution is 7.80. The summed E-state index contributed by atoms with van der Waals surface area (Å²) in [5.41, 5.74) is 0. The van der Waals surface area contributed by atoms with Gasteiger partial charge in [-0.2, -0.15) is 12.6 Å². The minimum Gasteiger partial charge on any atom is -0.480 e. The molecule has 0 aliphatic carbocycles. The van der Waals surface area contributed by atoms with E-state index in [1.54, 1.807) is 6.92 Å². The topological polar surface area (TPSA) is 95.5 Å². The first-order chi connectivity index (χ1) is 7.01. The molecule has 0 aliphatic rings. The lowest BCUT2D eigenvalue weighted by atomic mass is 10.3. The third-order valence-electron chi connectivity index (χ3n) is 1.57. The van der Waals surface area contributed by atoms with Crippen molar-refractivity contribution in [2.45, 2.75) is 19.4 Å². The van der Waals surface area contributed by atoms with Gasteiger partial charge in [0.2, 0.25) is 11.8 Å². The number of thiol groups is 1. The number of carboxylic acid groups (broad SMARTS) is 1. The molecule has 0 aliphatic heterocycles. The van der Waals surface area contributed by atoms with Crippen LogP contribution >= 0.6 is 12.6 Å². The molecule has 0 saturated carbocycles. The third kappa shape index (κ3) is 5.95. The maximum atomic E-state index is 11.3. The van der Waals surface area contributed by atoms with Crippen molar-refractivity contribution in [2.75, 3.05) is 12.3 Å². The SMILES string of the molecule is CCC(=O)NC(CS)C(=O)NCC(=O)O. The molecule has 0 rings (SSSR count). The van der Waals surface area contributed by atoms with E-state index in [1.807, 2.05) is 0 Å². The molecule has 3 N–H and O–H groups in total. The molecule has 0 spiro atoms. The molecule has 1 atom stereocenters. The van der Waals surface area contributed by atoms with Crippen LogP contribution < -0.4 is 10.6 Å². The van der Waals surface area contributed by atoms with E-state index in [0.29, 0.717) is 0 Å². The Kier molecular flexibility index (Phi) is 6.52. The standard InChI is InChI=1S/C8H14N2O4S/c1-2-6(11)10-5(4-15)8(14)9-3-7(12)13/h5,15H,2-4H2,1H3,(H,9,14)(H,10,11)(H,12,13). The van der Waals surface area contributed by atoms with Crippen molar-refractivity contribution >= 4 is 30.4 Å². The molecule has 0 heterocycles. The molecular weight excluding hydrogens is 220 g/mol. The summed E-state index contributed by atoms with van der Waals surface area (Å²) >= 11 is 3.89. The number of hydrogen-bond acceptors (Lipinski definition) is 4. The Labute approximate surface area is 92.8 Å². The number of carboxylic acids is 1. The van der Waals surface area contributed by atoms with Crippen LogP contribution in [0.15, 0.2) is 0 Å². The van der Waals surface area contributed by atoms with Gasteiger partial charge in [0.1, 0.15) is 12.6 Å². The Bertz CT molecular complexity index is 257. The number of rotatable bonds is 6. The molecule has 0 radical (unpaired) electrons. The van der Waals surface area contributed by atoms with Gasteiger partial charge in [0.05, 0.1) is 0 Å². The molecule has 0 aromatic heterocycles. The van der Waals surface area contributed by atoms with Gasteiger partial charge in [-0.3, -0.25) is 14.4 Å². The summed E-state index contributed by atoms with van der Waals surface area (Å²) in [7, 11) is 0. The van der Waals surface area contributed by atoms with Crippen LogP contribution in [0.3, 0.4) is 0 Å². The summed E-state index contributed by atoms with van der Waals surface area (Å²) in [6.07, 6.45) is 0.260. The van der Waals surface area contributed by atoms with Crippen molar-refractivity contribution in [3.05, 3.63) is 0 Å². The van der Waals surface area contributed by atoms with Crippen LogP contribution in [0.25, 0.3) is 0 Å². The van der Waals surface area contributed by atoms with E-state index >= 15 is 0 Å². The summed E-state index contributed by atoms with van der Waals surface area (Å²) in [6, 6.07) is -0.792. The van der Waals surface area contributed by atoms with Crippen LogP contribution in [0.2, 0.25) is 0 Å². The zero-order valence-corrected chi connectivity index (χ0v) is 9.21. The number of carbonyl (C=O) groups excluding carboxylic acids is 2. The van der Waals surface area contributed by atoms with Crippen LogP contribution in [0.1, 0.15) is 13.3 Å². The van der Waals surface area contributed by atoms with Crippen molar-refractivity contribution in [1.29, 1.82) is 0 Å². The second kappa shape index (κ2) is 7.10. The van der Waals surface area contributed by atoms with E-state index in [-0.39, 0.29) is 18.1 Å². The molecule has 7 heteroatoms. The number of nitrogens with one attached hydrogen (secondary N) is 2. The summed E-state index contributed by atoms with van der Waals surface area (Å²) in [4.78, 5) is 32.4. The zero-order valence-electron chi connectivity index (χ0n) is 8.32. The predicted molar refractivity (Wildman–Crippen MR) is 56.7 cm³/mol. The van der Waals surface area contributed by atoms with Gasteiger partial charge in [-0.25, -0.2) is 0 Å². The van der Waals surface area contributed by atoms with Gasteiger partial charge >= 0.3 is 5.97 Å². The molecule has 0 bridgehead atoms. The quantitative estimate of drug-likeness (QED) is 0.444. The van der Waals surface area contributed by atoms with Gasteiger partial charge < -0.3 is 15.7 Å². The molecule has 0 aromatic carbocycles. The fourth-order valence-corrected chi connectivity index (χ4v) is 1.03. The van der Waals surface area contributed by atoms with Gasteiger partial charge in [0.15, 0.2) is 0 Å². The van der Waals surface area contributed by atoms with E-state index < -0.39 is 24.5 Å². The first-order valence-electron chi connectivity index (χ1n) is 4.41. The smallest absolute Gasteiger partial charge is 0.322 e. The lowest BCUT2D eigenvalue weighted by Gasteiger charge is -2.14. The summed E-state index contributed by atoms with van der Waals surface area (Å²) in [5.74, 6) is -1.84. The monoisotopic (exact) mass is 234 g/mol. The molecule has 0 aromatic rings. The number of hydrogen-bond donors (Lipinski definition) is 4. The van der Waals surface area contributed by atoms with Crippen molar-refractivity contribution in [1.82, 2.24) is 10.6 Å². The maximum Gasteiger partial charge on any atom is 0.322 e. The Balaban J connectivity index is 4.10. The lowest BCUT2D eigenvalue weighted by molar-refractivity contribution is -0.138. The third-order valence-corrected chi connectivity index (χ3v) is 1.93. The van der Waals surface area contributed by atoms with Crippen LogP contribution in [0.5, 0.6) is 0 Å². The van der Waals surface area contributed by atoms with Gasteiger partial charge in [-0.05, 0) is 0 Å². The summed E-state index contributed by atoms with van der Waals surface area (Å²) in [6.45, 7) is 1.19. The Hall–Kier alpha value is -1.24. The molecule has 15 heavy (non-hydrogen) atoms. The van der Waals surface area contributed by atoms with Crippen molar-refractivity contribution in [3.63, 3.8) is 0 Å². The lowest BCUT2D eigenvalue weighted by Crippen LogP contribution is -2.48. The molecule has 0 saturated heterocycles. The van der Waals surface area contributed by atoms with Crippen LogP contribution in [-0.4, -0.2) is 41.2 Å². The normalized spacial score (nSPS) is 11.6. The van der Waals surface area contributed by atoms with Gasteiger partial charge in [0, 0.05) is 12.2 Å². The van der Waals surface area contributed by atoms with E-state index in [9.17, 15) is 14.4 Å². The largest absolute Gasteiger partial charge is 0.480 e. The maximum absolute atomic E-state index is 11.3. The van der Waals surface area contributed by atoms with Crippen LogP contribution in [0, 0.1) is 0 Å². The molecule has 0 fully saturated rings. The fourth-order valence-electron chi connectivity index (χ4n) is 0.776.